The van der Waals surface area contributed by atoms with Crippen LogP contribution in [0.5, 0.6) is 0 Å². The van der Waals surface area contributed by atoms with Crippen molar-refractivity contribution >= 4 is 11.0 Å². The van der Waals surface area contributed by atoms with Gasteiger partial charge in [-0.05, 0) is 17.7 Å². The third-order valence-corrected chi connectivity index (χ3v) is 3.64. The van der Waals surface area contributed by atoms with E-state index in [4.69, 9.17) is 4.74 Å². The number of hydrogen-bond donors (Lipinski definition) is 1. The van der Waals surface area contributed by atoms with E-state index in [1.165, 1.54) is 11.1 Å². The first kappa shape index (κ1) is 11.7. The summed E-state index contributed by atoms with van der Waals surface area (Å²) in [4.78, 5) is 4.68. The average molecular weight is 245 g/mol. The van der Waals surface area contributed by atoms with Crippen molar-refractivity contribution in [1.82, 2.24) is 14.9 Å². The van der Waals surface area contributed by atoms with Gasteiger partial charge in [-0.1, -0.05) is 13.0 Å². The van der Waals surface area contributed by atoms with Crippen LogP contribution in [-0.4, -0.2) is 29.3 Å². The minimum absolute atomic E-state index is 0.301. The zero-order valence-corrected chi connectivity index (χ0v) is 10.9. The van der Waals surface area contributed by atoms with Crippen molar-refractivity contribution in [3.63, 3.8) is 0 Å². The second kappa shape index (κ2) is 4.71. The van der Waals surface area contributed by atoms with E-state index >= 15 is 0 Å². The van der Waals surface area contributed by atoms with E-state index in [2.05, 4.69) is 47.0 Å². The second-order valence-electron chi connectivity index (χ2n) is 4.77. The number of aromatic nitrogens is 2. The van der Waals surface area contributed by atoms with Gasteiger partial charge >= 0.3 is 0 Å². The van der Waals surface area contributed by atoms with E-state index in [0.29, 0.717) is 6.04 Å². The van der Waals surface area contributed by atoms with Gasteiger partial charge in [0.25, 0.3) is 0 Å². The zero-order valence-electron chi connectivity index (χ0n) is 10.9. The number of hydrogen-bond acceptors (Lipinski definition) is 3. The highest BCUT2D eigenvalue weighted by Crippen LogP contribution is 2.22. The maximum absolute atomic E-state index is 5.51. The Labute approximate surface area is 107 Å². The van der Waals surface area contributed by atoms with Crippen LogP contribution in [0.2, 0.25) is 0 Å². The largest absolute Gasteiger partial charge is 0.378 e. The van der Waals surface area contributed by atoms with Crippen molar-refractivity contribution in [2.24, 2.45) is 7.05 Å². The summed E-state index contributed by atoms with van der Waals surface area (Å²) in [5, 5.41) is 3.48. The van der Waals surface area contributed by atoms with Crippen molar-refractivity contribution in [2.75, 3.05) is 19.8 Å². The monoisotopic (exact) mass is 245 g/mol. The standard InChI is InChI=1S/C14H19N3O/c1-3-14-16-11-8-10(4-5-13(11)17(14)2)12-9-18-7-6-15-12/h4-5,8,12,15H,3,6-7,9H2,1-2H3. The maximum atomic E-state index is 5.51. The summed E-state index contributed by atoms with van der Waals surface area (Å²) < 4.78 is 7.68. The fourth-order valence-electron chi connectivity index (χ4n) is 2.58. The first-order chi connectivity index (χ1) is 8.79. The third-order valence-electron chi connectivity index (χ3n) is 3.64. The van der Waals surface area contributed by atoms with Crippen LogP contribution >= 0.6 is 0 Å². The lowest BCUT2D eigenvalue weighted by Crippen LogP contribution is -2.34. The molecule has 2 aromatic rings. The minimum atomic E-state index is 0.301. The molecule has 1 aliphatic heterocycles. The molecule has 1 N–H and O–H groups in total. The zero-order chi connectivity index (χ0) is 12.5. The quantitative estimate of drug-likeness (QED) is 0.877. The van der Waals surface area contributed by atoms with Crippen LogP contribution in [0.3, 0.4) is 0 Å². The number of aryl methyl sites for hydroxylation is 2. The highest BCUT2D eigenvalue weighted by atomic mass is 16.5. The molecule has 0 bridgehead atoms. The number of rotatable bonds is 2. The molecule has 0 radical (unpaired) electrons. The van der Waals surface area contributed by atoms with Crippen LogP contribution in [-0.2, 0) is 18.2 Å². The van der Waals surface area contributed by atoms with Crippen molar-refractivity contribution < 1.29 is 4.74 Å². The van der Waals surface area contributed by atoms with Crippen molar-refractivity contribution in [3.8, 4) is 0 Å². The summed E-state index contributed by atoms with van der Waals surface area (Å²) in [5.74, 6) is 1.13. The number of fused-ring (bicyclic) bond motifs is 1. The predicted molar refractivity (Wildman–Crippen MR) is 71.7 cm³/mol. The van der Waals surface area contributed by atoms with Gasteiger partial charge in [-0.25, -0.2) is 4.98 Å². The molecule has 1 aromatic carbocycles. The third kappa shape index (κ3) is 1.91. The molecular formula is C14H19N3O. The summed E-state index contributed by atoms with van der Waals surface area (Å²) in [6.45, 7) is 4.62. The van der Waals surface area contributed by atoms with Gasteiger partial charge in [0.15, 0.2) is 0 Å². The van der Waals surface area contributed by atoms with Gasteiger partial charge in [0.1, 0.15) is 5.82 Å². The second-order valence-corrected chi connectivity index (χ2v) is 4.77. The Morgan fingerprint density at radius 3 is 3.11 bits per heavy atom. The van der Waals surface area contributed by atoms with Crippen LogP contribution in [0.1, 0.15) is 24.4 Å². The number of nitrogens with zero attached hydrogens (tertiary/aromatic N) is 2. The van der Waals surface area contributed by atoms with Crippen molar-refractivity contribution in [3.05, 3.63) is 29.6 Å². The fraction of sp³-hybridized carbons (Fsp3) is 0.500. The van der Waals surface area contributed by atoms with Gasteiger partial charge in [0.05, 0.1) is 30.3 Å². The van der Waals surface area contributed by atoms with Crippen LogP contribution in [0.15, 0.2) is 18.2 Å². The lowest BCUT2D eigenvalue weighted by atomic mass is 10.1. The molecular weight excluding hydrogens is 226 g/mol. The molecule has 4 heteroatoms. The lowest BCUT2D eigenvalue weighted by Gasteiger charge is -2.24. The highest BCUT2D eigenvalue weighted by molar-refractivity contribution is 5.77. The minimum Gasteiger partial charge on any atom is -0.378 e. The number of nitrogens with one attached hydrogen (secondary N) is 1. The van der Waals surface area contributed by atoms with Gasteiger partial charge < -0.3 is 14.6 Å². The Hall–Kier alpha value is -1.39. The summed E-state index contributed by atoms with van der Waals surface area (Å²) in [6, 6.07) is 6.82. The SMILES string of the molecule is CCc1nc2cc(C3COCCN3)ccc2n1C. The van der Waals surface area contributed by atoms with Gasteiger partial charge in [-0.3, -0.25) is 0 Å². The van der Waals surface area contributed by atoms with Gasteiger partial charge in [0.2, 0.25) is 0 Å². The Morgan fingerprint density at radius 2 is 2.39 bits per heavy atom. The summed E-state index contributed by atoms with van der Waals surface area (Å²) in [7, 11) is 2.08. The predicted octanol–water partition coefficient (Wildman–Crippen LogP) is 1.80. The smallest absolute Gasteiger partial charge is 0.109 e. The van der Waals surface area contributed by atoms with E-state index in [1.807, 2.05) is 0 Å². The number of imidazole rings is 1. The number of ether oxygens (including phenoxy) is 1. The molecule has 1 aromatic heterocycles. The molecule has 1 aliphatic rings. The molecule has 2 heterocycles. The van der Waals surface area contributed by atoms with E-state index < -0.39 is 0 Å². The molecule has 4 nitrogen and oxygen atoms in total. The average Bonchev–Trinajstić information content (AvgIpc) is 2.76. The van der Waals surface area contributed by atoms with E-state index in [9.17, 15) is 0 Å². The molecule has 0 amide bonds. The molecule has 18 heavy (non-hydrogen) atoms. The lowest BCUT2D eigenvalue weighted by molar-refractivity contribution is 0.0769. The van der Waals surface area contributed by atoms with Crippen molar-refractivity contribution in [1.29, 1.82) is 0 Å². The topological polar surface area (TPSA) is 39.1 Å². The molecule has 1 unspecified atom stereocenters. The fourth-order valence-corrected chi connectivity index (χ4v) is 2.58. The Balaban J connectivity index is 2.00. The van der Waals surface area contributed by atoms with Crippen LogP contribution in [0.25, 0.3) is 11.0 Å². The van der Waals surface area contributed by atoms with Gasteiger partial charge in [-0.2, -0.15) is 0 Å². The molecule has 0 spiro atoms. The Kier molecular flexibility index (Phi) is 3.06. The highest BCUT2D eigenvalue weighted by Gasteiger charge is 2.16. The van der Waals surface area contributed by atoms with Crippen LogP contribution in [0.4, 0.5) is 0 Å². The molecule has 96 valence electrons. The van der Waals surface area contributed by atoms with Gasteiger partial charge in [0, 0.05) is 20.0 Å². The van der Waals surface area contributed by atoms with E-state index in [-0.39, 0.29) is 0 Å². The van der Waals surface area contributed by atoms with Crippen molar-refractivity contribution in [2.45, 2.75) is 19.4 Å². The van der Waals surface area contributed by atoms with Crippen LogP contribution in [0, 0.1) is 0 Å². The molecule has 1 saturated heterocycles. The summed E-state index contributed by atoms with van der Waals surface area (Å²) in [5.41, 5.74) is 3.55. The van der Waals surface area contributed by atoms with Crippen LogP contribution < -0.4 is 5.32 Å². The van der Waals surface area contributed by atoms with Gasteiger partial charge in [-0.15, -0.1) is 0 Å². The summed E-state index contributed by atoms with van der Waals surface area (Å²) >= 11 is 0. The van der Waals surface area contributed by atoms with E-state index in [1.54, 1.807) is 0 Å². The number of morpholine rings is 1. The first-order valence-electron chi connectivity index (χ1n) is 6.56. The maximum Gasteiger partial charge on any atom is 0.109 e. The molecule has 0 aliphatic carbocycles. The summed E-state index contributed by atoms with van der Waals surface area (Å²) in [6.07, 6.45) is 0.964. The normalized spacial score (nSPS) is 20.4. The Bertz CT molecular complexity index is 555. The first-order valence-corrected chi connectivity index (χ1v) is 6.56. The molecule has 1 fully saturated rings. The Morgan fingerprint density at radius 1 is 1.50 bits per heavy atom. The molecule has 3 rings (SSSR count). The molecule has 1 atom stereocenters. The van der Waals surface area contributed by atoms with E-state index in [0.717, 1.165) is 37.5 Å². The molecule has 0 saturated carbocycles. The number of benzene rings is 1.